The van der Waals surface area contributed by atoms with Crippen LogP contribution in [-0.2, 0) is 6.18 Å². The number of carbonyl (C=O) groups excluding carboxylic acids is 1. The SMILES string of the molecule is O=C(NO)c1cnc(N2C[C@H]3C[C@@H]2CN3c2cccc(C(F)(F)F)n2)nc1. The lowest BCUT2D eigenvalue weighted by Crippen LogP contribution is -2.47. The first kappa shape index (κ1) is 17.5. The highest BCUT2D eigenvalue weighted by Gasteiger charge is 2.45. The van der Waals surface area contributed by atoms with Crippen molar-refractivity contribution in [3.8, 4) is 0 Å². The Morgan fingerprint density at radius 1 is 1.15 bits per heavy atom. The van der Waals surface area contributed by atoms with Crippen LogP contribution in [0.1, 0.15) is 22.5 Å². The topological polar surface area (TPSA) is 94.5 Å². The number of aromatic nitrogens is 3. The molecule has 2 aromatic heterocycles. The number of hydrogen-bond donors (Lipinski definition) is 2. The summed E-state index contributed by atoms with van der Waals surface area (Å²) < 4.78 is 38.7. The van der Waals surface area contributed by atoms with Crippen LogP contribution in [0.2, 0.25) is 0 Å². The normalized spacial score (nSPS) is 21.6. The Kier molecular flexibility index (Phi) is 4.10. The molecule has 0 aliphatic carbocycles. The van der Waals surface area contributed by atoms with Gasteiger partial charge in [0.25, 0.3) is 5.91 Å². The van der Waals surface area contributed by atoms with E-state index < -0.39 is 17.8 Å². The van der Waals surface area contributed by atoms with E-state index in [-0.39, 0.29) is 17.6 Å². The van der Waals surface area contributed by atoms with Gasteiger partial charge in [-0.05, 0) is 18.6 Å². The fourth-order valence-electron chi connectivity index (χ4n) is 3.58. The molecule has 2 aromatic rings. The first-order valence-corrected chi connectivity index (χ1v) is 8.21. The lowest BCUT2D eigenvalue weighted by Gasteiger charge is -2.35. The number of piperazine rings is 1. The smallest absolute Gasteiger partial charge is 0.350 e. The number of carbonyl (C=O) groups is 1. The minimum absolute atomic E-state index is 0.00926. The summed E-state index contributed by atoms with van der Waals surface area (Å²) in [5, 5.41) is 8.61. The molecule has 1 amide bonds. The average Bonchev–Trinajstić information content (AvgIpc) is 3.28. The van der Waals surface area contributed by atoms with Gasteiger partial charge in [0, 0.05) is 25.5 Å². The van der Waals surface area contributed by atoms with E-state index in [9.17, 15) is 18.0 Å². The van der Waals surface area contributed by atoms with Crippen molar-refractivity contribution in [3.63, 3.8) is 0 Å². The van der Waals surface area contributed by atoms with Crippen LogP contribution in [0.4, 0.5) is 24.9 Å². The second kappa shape index (κ2) is 6.34. The molecule has 11 heteroatoms. The zero-order valence-corrected chi connectivity index (χ0v) is 13.9. The maximum absolute atomic E-state index is 12.9. The molecule has 142 valence electrons. The van der Waals surface area contributed by atoms with Crippen LogP contribution in [0, 0.1) is 0 Å². The maximum atomic E-state index is 12.9. The van der Waals surface area contributed by atoms with Crippen molar-refractivity contribution >= 4 is 17.7 Å². The van der Waals surface area contributed by atoms with Gasteiger partial charge in [0.15, 0.2) is 0 Å². The monoisotopic (exact) mass is 380 g/mol. The van der Waals surface area contributed by atoms with E-state index in [4.69, 9.17) is 5.21 Å². The summed E-state index contributed by atoms with van der Waals surface area (Å²) in [5.74, 6) is 0.0489. The maximum Gasteiger partial charge on any atom is 0.433 e. The van der Waals surface area contributed by atoms with E-state index in [1.54, 1.807) is 6.07 Å². The second-order valence-corrected chi connectivity index (χ2v) is 6.44. The highest BCUT2D eigenvalue weighted by atomic mass is 19.4. The molecule has 2 aliphatic rings. The zero-order chi connectivity index (χ0) is 19.2. The highest BCUT2D eigenvalue weighted by Crippen LogP contribution is 2.36. The van der Waals surface area contributed by atoms with E-state index in [0.29, 0.717) is 24.9 Å². The fraction of sp³-hybridized carbons (Fsp3) is 0.375. The Balaban J connectivity index is 1.49. The predicted octanol–water partition coefficient (Wildman–Crippen LogP) is 1.48. The third-order valence-electron chi connectivity index (χ3n) is 4.82. The summed E-state index contributed by atoms with van der Waals surface area (Å²) in [5.41, 5.74) is 0.733. The molecule has 4 rings (SSSR count). The lowest BCUT2D eigenvalue weighted by molar-refractivity contribution is -0.141. The third kappa shape index (κ3) is 3.14. The number of alkyl halides is 3. The Morgan fingerprint density at radius 2 is 1.81 bits per heavy atom. The number of pyridine rings is 1. The van der Waals surface area contributed by atoms with Crippen molar-refractivity contribution in [2.75, 3.05) is 22.9 Å². The van der Waals surface area contributed by atoms with E-state index in [0.717, 1.165) is 12.5 Å². The average molecular weight is 380 g/mol. The highest BCUT2D eigenvalue weighted by molar-refractivity contribution is 5.92. The third-order valence-corrected chi connectivity index (χ3v) is 4.82. The number of anilines is 2. The van der Waals surface area contributed by atoms with Gasteiger partial charge in [-0.3, -0.25) is 10.0 Å². The van der Waals surface area contributed by atoms with Gasteiger partial charge in [0.2, 0.25) is 5.95 Å². The number of rotatable bonds is 3. The van der Waals surface area contributed by atoms with E-state index in [1.807, 2.05) is 9.80 Å². The molecule has 2 bridgehead atoms. The van der Waals surface area contributed by atoms with Crippen molar-refractivity contribution in [1.29, 1.82) is 0 Å². The molecule has 2 N–H and O–H groups in total. The van der Waals surface area contributed by atoms with Gasteiger partial charge in [-0.15, -0.1) is 0 Å². The van der Waals surface area contributed by atoms with Gasteiger partial charge in [0.05, 0.1) is 17.6 Å². The van der Waals surface area contributed by atoms with Crippen LogP contribution >= 0.6 is 0 Å². The van der Waals surface area contributed by atoms with Gasteiger partial charge >= 0.3 is 6.18 Å². The first-order chi connectivity index (χ1) is 12.9. The molecule has 0 spiro atoms. The zero-order valence-electron chi connectivity index (χ0n) is 13.9. The van der Waals surface area contributed by atoms with E-state index in [2.05, 4.69) is 15.0 Å². The Bertz CT molecular complexity index is 860. The number of halogens is 3. The van der Waals surface area contributed by atoms with Crippen molar-refractivity contribution in [1.82, 2.24) is 20.4 Å². The summed E-state index contributed by atoms with van der Waals surface area (Å²) in [6, 6.07) is 3.96. The molecule has 8 nitrogen and oxygen atoms in total. The summed E-state index contributed by atoms with van der Waals surface area (Å²) in [4.78, 5) is 27.2. The van der Waals surface area contributed by atoms with Crippen LogP contribution in [0.25, 0.3) is 0 Å². The van der Waals surface area contributed by atoms with Crippen LogP contribution in [0.5, 0.6) is 0 Å². The summed E-state index contributed by atoms with van der Waals surface area (Å²) in [6.07, 6.45) is -1.09. The molecule has 27 heavy (non-hydrogen) atoms. The van der Waals surface area contributed by atoms with Crippen LogP contribution in [0.15, 0.2) is 30.6 Å². The Hall–Kier alpha value is -2.95. The molecule has 2 fully saturated rings. The summed E-state index contributed by atoms with van der Waals surface area (Å²) in [6.45, 7) is 1.06. The minimum Gasteiger partial charge on any atom is -0.350 e. The molecular weight excluding hydrogens is 365 g/mol. The molecule has 2 aliphatic heterocycles. The lowest BCUT2D eigenvalue weighted by atomic mass is 10.2. The molecule has 0 saturated carbocycles. The molecule has 2 saturated heterocycles. The number of nitrogens with zero attached hydrogens (tertiary/aromatic N) is 5. The van der Waals surface area contributed by atoms with Crippen molar-refractivity contribution in [3.05, 3.63) is 41.9 Å². The van der Waals surface area contributed by atoms with Gasteiger partial charge < -0.3 is 9.80 Å². The summed E-state index contributed by atoms with van der Waals surface area (Å²) >= 11 is 0. The van der Waals surface area contributed by atoms with Crippen molar-refractivity contribution < 1.29 is 23.2 Å². The fourth-order valence-corrected chi connectivity index (χ4v) is 3.58. The summed E-state index contributed by atoms with van der Waals surface area (Å²) in [7, 11) is 0. The Labute approximate surface area is 151 Å². The molecule has 4 heterocycles. The molecule has 0 unspecified atom stereocenters. The number of fused-ring (bicyclic) bond motifs is 2. The molecule has 0 aromatic carbocycles. The van der Waals surface area contributed by atoms with E-state index >= 15 is 0 Å². The number of amides is 1. The number of nitrogens with one attached hydrogen (secondary N) is 1. The van der Waals surface area contributed by atoms with Gasteiger partial charge in [-0.2, -0.15) is 13.2 Å². The number of hydroxylamine groups is 1. The van der Waals surface area contributed by atoms with Gasteiger partial charge in [-0.1, -0.05) is 6.07 Å². The standard InChI is InChI=1S/C16H15F3N6O2/c17-16(18,19)12-2-1-3-13(22-12)24-7-11-4-10(24)8-25(11)15-20-5-9(6-21-15)14(26)23-27/h1-3,5-6,10-11,27H,4,7-8H2,(H,23,26)/t10-,11-/m1/s1. The number of hydrogen-bond acceptors (Lipinski definition) is 7. The second-order valence-electron chi connectivity index (χ2n) is 6.44. The van der Waals surface area contributed by atoms with Crippen LogP contribution in [-0.4, -0.2) is 51.2 Å². The predicted molar refractivity (Wildman–Crippen MR) is 87.4 cm³/mol. The van der Waals surface area contributed by atoms with Gasteiger partial charge in [0.1, 0.15) is 11.5 Å². The largest absolute Gasteiger partial charge is 0.433 e. The van der Waals surface area contributed by atoms with Crippen LogP contribution < -0.4 is 15.3 Å². The van der Waals surface area contributed by atoms with Gasteiger partial charge in [-0.25, -0.2) is 20.4 Å². The van der Waals surface area contributed by atoms with E-state index in [1.165, 1.54) is 23.9 Å². The van der Waals surface area contributed by atoms with Crippen molar-refractivity contribution in [2.24, 2.45) is 0 Å². The first-order valence-electron chi connectivity index (χ1n) is 8.21. The van der Waals surface area contributed by atoms with Crippen LogP contribution in [0.3, 0.4) is 0 Å². The Morgan fingerprint density at radius 3 is 2.41 bits per heavy atom. The molecule has 0 radical (unpaired) electrons. The van der Waals surface area contributed by atoms with Crippen molar-refractivity contribution in [2.45, 2.75) is 24.7 Å². The quantitative estimate of drug-likeness (QED) is 0.615. The molecular formula is C16H15F3N6O2. The molecule has 2 atom stereocenters. The minimum atomic E-state index is -4.47.